The second-order valence-electron chi connectivity index (χ2n) is 3.77. The number of nitriles is 1. The summed E-state index contributed by atoms with van der Waals surface area (Å²) in [6.07, 6.45) is 1.47. The molecule has 4 nitrogen and oxygen atoms in total. The Kier molecular flexibility index (Phi) is 2.09. The van der Waals surface area contributed by atoms with Gasteiger partial charge in [0.1, 0.15) is 5.54 Å². The molecule has 15 heavy (non-hydrogen) atoms. The molecule has 1 aliphatic rings. The van der Waals surface area contributed by atoms with Crippen molar-refractivity contribution in [2.75, 3.05) is 5.73 Å². The van der Waals surface area contributed by atoms with E-state index in [0.29, 0.717) is 11.3 Å². The molecule has 0 spiro atoms. The number of anilines is 1. The molecule has 1 aliphatic carbocycles. The van der Waals surface area contributed by atoms with E-state index in [1.54, 1.807) is 24.3 Å². The van der Waals surface area contributed by atoms with Crippen molar-refractivity contribution in [1.29, 1.82) is 5.26 Å². The average molecular weight is 201 g/mol. The summed E-state index contributed by atoms with van der Waals surface area (Å²) < 4.78 is 0. The zero-order valence-corrected chi connectivity index (χ0v) is 8.16. The van der Waals surface area contributed by atoms with Gasteiger partial charge in [-0.25, -0.2) is 0 Å². The van der Waals surface area contributed by atoms with Crippen LogP contribution < -0.4 is 11.1 Å². The summed E-state index contributed by atoms with van der Waals surface area (Å²) in [5.41, 5.74) is 5.98. The van der Waals surface area contributed by atoms with E-state index >= 15 is 0 Å². The predicted molar refractivity (Wildman–Crippen MR) is 55.9 cm³/mol. The summed E-state index contributed by atoms with van der Waals surface area (Å²) in [4.78, 5) is 11.7. The Labute approximate surface area is 87.7 Å². The third-order valence-electron chi connectivity index (χ3n) is 2.47. The molecule has 0 aromatic heterocycles. The van der Waals surface area contributed by atoms with Gasteiger partial charge in [-0.05, 0) is 31.0 Å². The Morgan fingerprint density at radius 3 is 2.80 bits per heavy atom. The van der Waals surface area contributed by atoms with Crippen molar-refractivity contribution in [1.82, 2.24) is 5.32 Å². The number of carbonyl (C=O) groups is 1. The van der Waals surface area contributed by atoms with Crippen LogP contribution in [0, 0.1) is 11.3 Å². The molecule has 76 valence electrons. The lowest BCUT2D eigenvalue weighted by Gasteiger charge is -2.09. The molecule has 1 saturated carbocycles. The molecule has 3 N–H and O–H groups in total. The van der Waals surface area contributed by atoms with Gasteiger partial charge in [0.05, 0.1) is 6.07 Å². The quantitative estimate of drug-likeness (QED) is 0.702. The molecule has 0 radical (unpaired) electrons. The van der Waals surface area contributed by atoms with E-state index in [-0.39, 0.29) is 5.91 Å². The standard InChI is InChI=1S/C11H11N3O/c12-7-11(4-5-11)14-10(15)8-2-1-3-9(13)6-8/h1-3,6H,4-5,13H2,(H,14,15). The number of benzene rings is 1. The number of nitrogen functional groups attached to an aromatic ring is 1. The van der Waals surface area contributed by atoms with Crippen LogP contribution in [0.2, 0.25) is 0 Å². The zero-order chi connectivity index (χ0) is 10.9. The maximum Gasteiger partial charge on any atom is 0.252 e. The maximum absolute atomic E-state index is 11.7. The van der Waals surface area contributed by atoms with Gasteiger partial charge in [0, 0.05) is 11.3 Å². The number of hydrogen-bond donors (Lipinski definition) is 2. The molecule has 0 bridgehead atoms. The van der Waals surface area contributed by atoms with Gasteiger partial charge in [0.25, 0.3) is 5.91 Å². The van der Waals surface area contributed by atoms with Crippen LogP contribution in [-0.4, -0.2) is 11.4 Å². The summed E-state index contributed by atoms with van der Waals surface area (Å²) in [5.74, 6) is -0.235. The smallest absolute Gasteiger partial charge is 0.252 e. The van der Waals surface area contributed by atoms with Crippen molar-refractivity contribution in [3.05, 3.63) is 29.8 Å². The number of amides is 1. The van der Waals surface area contributed by atoms with Crippen molar-refractivity contribution in [3.63, 3.8) is 0 Å². The molecule has 2 rings (SSSR count). The normalized spacial score (nSPS) is 16.5. The molecule has 1 fully saturated rings. The number of rotatable bonds is 2. The van der Waals surface area contributed by atoms with E-state index in [4.69, 9.17) is 11.0 Å². The Morgan fingerprint density at radius 1 is 1.53 bits per heavy atom. The van der Waals surface area contributed by atoms with E-state index in [0.717, 1.165) is 12.8 Å². The van der Waals surface area contributed by atoms with Crippen LogP contribution in [0.4, 0.5) is 5.69 Å². The van der Waals surface area contributed by atoms with E-state index in [1.807, 2.05) is 0 Å². The van der Waals surface area contributed by atoms with Crippen molar-refractivity contribution in [2.24, 2.45) is 0 Å². The minimum absolute atomic E-state index is 0.235. The number of nitrogens with two attached hydrogens (primary N) is 1. The van der Waals surface area contributed by atoms with Crippen molar-refractivity contribution >= 4 is 11.6 Å². The van der Waals surface area contributed by atoms with Gasteiger partial charge in [-0.3, -0.25) is 4.79 Å². The monoisotopic (exact) mass is 201 g/mol. The largest absolute Gasteiger partial charge is 0.399 e. The molecular weight excluding hydrogens is 190 g/mol. The summed E-state index contributed by atoms with van der Waals surface area (Å²) in [6, 6.07) is 8.82. The Morgan fingerprint density at radius 2 is 2.27 bits per heavy atom. The Balaban J connectivity index is 2.12. The number of nitrogens with zero attached hydrogens (tertiary/aromatic N) is 1. The first kappa shape index (κ1) is 9.53. The van der Waals surface area contributed by atoms with Crippen LogP contribution in [0.5, 0.6) is 0 Å². The van der Waals surface area contributed by atoms with Gasteiger partial charge in [-0.1, -0.05) is 6.07 Å². The minimum atomic E-state index is -0.623. The van der Waals surface area contributed by atoms with Gasteiger partial charge in [0.15, 0.2) is 0 Å². The first-order valence-corrected chi connectivity index (χ1v) is 4.74. The fourth-order valence-electron chi connectivity index (χ4n) is 1.36. The number of nitrogens with one attached hydrogen (secondary N) is 1. The maximum atomic E-state index is 11.7. The second-order valence-corrected chi connectivity index (χ2v) is 3.77. The first-order valence-electron chi connectivity index (χ1n) is 4.74. The van der Waals surface area contributed by atoms with Crippen LogP contribution >= 0.6 is 0 Å². The Hall–Kier alpha value is -2.02. The van der Waals surface area contributed by atoms with E-state index in [9.17, 15) is 4.79 Å². The summed E-state index contributed by atoms with van der Waals surface area (Å²) in [7, 11) is 0. The highest BCUT2D eigenvalue weighted by Crippen LogP contribution is 2.34. The van der Waals surface area contributed by atoms with Gasteiger partial charge >= 0.3 is 0 Å². The van der Waals surface area contributed by atoms with Crippen molar-refractivity contribution in [2.45, 2.75) is 18.4 Å². The summed E-state index contributed by atoms with van der Waals surface area (Å²) >= 11 is 0. The molecule has 0 saturated heterocycles. The molecule has 0 atom stereocenters. The van der Waals surface area contributed by atoms with Crippen LogP contribution in [0.15, 0.2) is 24.3 Å². The van der Waals surface area contributed by atoms with E-state index < -0.39 is 5.54 Å². The highest BCUT2D eigenvalue weighted by Gasteiger charge is 2.44. The number of carbonyl (C=O) groups excluding carboxylic acids is 1. The summed E-state index contributed by atoms with van der Waals surface area (Å²) in [6.45, 7) is 0. The molecule has 4 heteroatoms. The number of hydrogen-bond acceptors (Lipinski definition) is 3. The fraction of sp³-hybridized carbons (Fsp3) is 0.273. The zero-order valence-electron chi connectivity index (χ0n) is 8.16. The minimum Gasteiger partial charge on any atom is -0.399 e. The van der Waals surface area contributed by atoms with Gasteiger partial charge in [-0.15, -0.1) is 0 Å². The molecule has 0 heterocycles. The molecule has 1 aromatic carbocycles. The SMILES string of the molecule is N#CC1(NC(=O)c2cccc(N)c2)CC1. The molecule has 0 aliphatic heterocycles. The lowest BCUT2D eigenvalue weighted by atomic mass is 10.1. The van der Waals surface area contributed by atoms with Crippen molar-refractivity contribution < 1.29 is 4.79 Å². The molecule has 0 unspecified atom stereocenters. The third kappa shape index (κ3) is 1.91. The third-order valence-corrected chi connectivity index (χ3v) is 2.47. The topological polar surface area (TPSA) is 78.9 Å². The van der Waals surface area contributed by atoms with Gasteiger partial charge in [0.2, 0.25) is 0 Å². The summed E-state index contributed by atoms with van der Waals surface area (Å²) in [5, 5.41) is 11.5. The first-order chi connectivity index (χ1) is 7.15. The van der Waals surface area contributed by atoms with Crippen LogP contribution in [0.3, 0.4) is 0 Å². The predicted octanol–water partition coefficient (Wildman–Crippen LogP) is 1.05. The fourth-order valence-corrected chi connectivity index (χ4v) is 1.36. The lowest BCUT2D eigenvalue weighted by molar-refractivity contribution is 0.0941. The average Bonchev–Trinajstić information content (AvgIpc) is 2.98. The Bertz CT molecular complexity index is 443. The molecule has 1 amide bonds. The highest BCUT2D eigenvalue weighted by molar-refractivity contribution is 5.96. The van der Waals surface area contributed by atoms with Crippen LogP contribution in [0.25, 0.3) is 0 Å². The van der Waals surface area contributed by atoms with Crippen molar-refractivity contribution in [3.8, 4) is 6.07 Å². The van der Waals surface area contributed by atoms with Crippen LogP contribution in [0.1, 0.15) is 23.2 Å². The van der Waals surface area contributed by atoms with Gasteiger partial charge < -0.3 is 11.1 Å². The van der Waals surface area contributed by atoms with Crippen LogP contribution in [-0.2, 0) is 0 Å². The second kappa shape index (κ2) is 3.28. The van der Waals surface area contributed by atoms with Gasteiger partial charge in [-0.2, -0.15) is 5.26 Å². The molecule has 1 aromatic rings. The van der Waals surface area contributed by atoms with E-state index in [2.05, 4.69) is 11.4 Å². The molecular formula is C11H11N3O. The van der Waals surface area contributed by atoms with E-state index in [1.165, 1.54) is 0 Å². The highest BCUT2D eigenvalue weighted by atomic mass is 16.1. The lowest BCUT2D eigenvalue weighted by Crippen LogP contribution is -2.35.